The molecule has 0 unspecified atom stereocenters. The fraction of sp³-hybridized carbons (Fsp3) is 0.438. The lowest BCUT2D eigenvalue weighted by atomic mass is 10.0. The number of aromatic hydroxyl groups is 1. The molecule has 0 aliphatic carbocycles. The third-order valence-corrected chi connectivity index (χ3v) is 4.23. The second-order valence-corrected chi connectivity index (χ2v) is 5.77. The van der Waals surface area contributed by atoms with Crippen molar-refractivity contribution >= 4 is 5.69 Å². The minimum atomic E-state index is 0.300. The van der Waals surface area contributed by atoms with Crippen LogP contribution in [0.2, 0.25) is 0 Å². The van der Waals surface area contributed by atoms with Crippen molar-refractivity contribution in [2.75, 3.05) is 18.0 Å². The Bertz CT molecular complexity index is 597. The van der Waals surface area contributed by atoms with E-state index in [0.29, 0.717) is 11.8 Å². The molecule has 1 saturated heterocycles. The first-order chi connectivity index (χ1) is 10.1. The molecule has 3 N–H and O–H groups in total. The molecule has 1 fully saturated rings. The van der Waals surface area contributed by atoms with E-state index in [9.17, 15) is 5.11 Å². The molecule has 0 radical (unpaired) electrons. The van der Waals surface area contributed by atoms with Gasteiger partial charge in [0.25, 0.3) is 0 Å². The zero-order valence-corrected chi connectivity index (χ0v) is 12.4. The van der Waals surface area contributed by atoms with Crippen molar-refractivity contribution in [2.24, 2.45) is 12.8 Å². The van der Waals surface area contributed by atoms with Crippen molar-refractivity contribution in [3.63, 3.8) is 0 Å². The van der Waals surface area contributed by atoms with Gasteiger partial charge in [0.05, 0.1) is 17.6 Å². The van der Waals surface area contributed by atoms with Gasteiger partial charge in [0, 0.05) is 32.6 Å². The third kappa shape index (κ3) is 3.03. The Morgan fingerprint density at radius 3 is 2.57 bits per heavy atom. The van der Waals surface area contributed by atoms with Crippen LogP contribution >= 0.6 is 0 Å². The van der Waals surface area contributed by atoms with Crippen LogP contribution in [0.3, 0.4) is 0 Å². The van der Waals surface area contributed by atoms with Crippen molar-refractivity contribution < 1.29 is 5.11 Å². The Balaban J connectivity index is 1.81. The first kappa shape index (κ1) is 13.9. The average molecular weight is 286 g/mol. The maximum Gasteiger partial charge on any atom is 0.115 e. The second kappa shape index (κ2) is 5.77. The maximum atomic E-state index is 9.38. The number of hydrogen-bond donors (Lipinski definition) is 2. The van der Waals surface area contributed by atoms with Crippen LogP contribution in [0.15, 0.2) is 30.5 Å². The van der Waals surface area contributed by atoms with Gasteiger partial charge in [-0.2, -0.15) is 5.10 Å². The molecule has 0 amide bonds. The fourth-order valence-electron chi connectivity index (χ4n) is 2.87. The van der Waals surface area contributed by atoms with Crippen LogP contribution in [0.4, 0.5) is 5.69 Å². The highest BCUT2D eigenvalue weighted by Gasteiger charge is 2.21. The molecule has 5 nitrogen and oxygen atoms in total. The maximum absolute atomic E-state index is 9.38. The number of phenols is 1. The van der Waals surface area contributed by atoms with E-state index in [2.05, 4.69) is 10.00 Å². The number of piperidine rings is 1. The van der Waals surface area contributed by atoms with Crippen molar-refractivity contribution in [3.05, 3.63) is 41.7 Å². The molecule has 2 aromatic rings. The van der Waals surface area contributed by atoms with Gasteiger partial charge in [-0.1, -0.05) is 12.1 Å². The molecule has 1 aliphatic heterocycles. The largest absolute Gasteiger partial charge is 0.508 e. The lowest BCUT2D eigenvalue weighted by Gasteiger charge is -2.31. The van der Waals surface area contributed by atoms with Crippen LogP contribution in [0.5, 0.6) is 5.75 Å². The van der Waals surface area contributed by atoms with Gasteiger partial charge in [-0.05, 0) is 30.5 Å². The number of anilines is 1. The van der Waals surface area contributed by atoms with E-state index in [1.165, 1.54) is 16.9 Å². The zero-order valence-electron chi connectivity index (χ0n) is 12.4. The number of phenolic OH excluding ortho intramolecular Hbond substituents is 1. The standard InChI is InChI=1S/C16H22N4O/c1-19-15(10-12-2-4-14(21)5-3-12)16(11-18-19)20-8-6-13(17)7-9-20/h2-5,11,13,21H,6-10,17H2,1H3. The summed E-state index contributed by atoms with van der Waals surface area (Å²) in [6.07, 6.45) is 4.84. The van der Waals surface area contributed by atoms with Crippen molar-refractivity contribution in [1.82, 2.24) is 9.78 Å². The topological polar surface area (TPSA) is 67.3 Å². The number of hydrogen-bond acceptors (Lipinski definition) is 4. The second-order valence-electron chi connectivity index (χ2n) is 5.77. The minimum absolute atomic E-state index is 0.300. The summed E-state index contributed by atoms with van der Waals surface area (Å²) in [4.78, 5) is 2.38. The smallest absolute Gasteiger partial charge is 0.115 e. The molecule has 112 valence electrons. The molecule has 0 saturated carbocycles. The minimum Gasteiger partial charge on any atom is -0.508 e. The molecule has 1 aromatic heterocycles. The molecule has 0 atom stereocenters. The summed E-state index contributed by atoms with van der Waals surface area (Å²) in [5.74, 6) is 0.300. The molecule has 3 rings (SSSR count). The number of nitrogens with two attached hydrogens (primary N) is 1. The molecule has 0 bridgehead atoms. The molecule has 2 heterocycles. The number of rotatable bonds is 3. The van der Waals surface area contributed by atoms with Crippen LogP contribution in [0.1, 0.15) is 24.1 Å². The fourth-order valence-corrected chi connectivity index (χ4v) is 2.87. The predicted octanol–water partition coefficient (Wildman–Crippen LogP) is 1.64. The van der Waals surface area contributed by atoms with E-state index < -0.39 is 0 Å². The Hall–Kier alpha value is -2.01. The van der Waals surface area contributed by atoms with Gasteiger partial charge < -0.3 is 15.7 Å². The highest BCUT2D eigenvalue weighted by Crippen LogP contribution is 2.26. The highest BCUT2D eigenvalue weighted by atomic mass is 16.3. The van der Waals surface area contributed by atoms with E-state index in [-0.39, 0.29) is 0 Å². The van der Waals surface area contributed by atoms with Crippen molar-refractivity contribution in [2.45, 2.75) is 25.3 Å². The molecule has 1 aliphatic rings. The van der Waals surface area contributed by atoms with Crippen molar-refractivity contribution in [3.8, 4) is 5.75 Å². The van der Waals surface area contributed by atoms with Crippen LogP contribution in [0.25, 0.3) is 0 Å². The van der Waals surface area contributed by atoms with Crippen LogP contribution in [-0.2, 0) is 13.5 Å². The van der Waals surface area contributed by atoms with Gasteiger partial charge in [-0.25, -0.2) is 0 Å². The molecule has 0 spiro atoms. The SMILES string of the molecule is Cn1ncc(N2CCC(N)CC2)c1Cc1ccc(O)cc1. The zero-order chi connectivity index (χ0) is 14.8. The molecule has 5 heteroatoms. The quantitative estimate of drug-likeness (QED) is 0.900. The van der Waals surface area contributed by atoms with Gasteiger partial charge in [0.2, 0.25) is 0 Å². The first-order valence-electron chi connectivity index (χ1n) is 7.43. The number of benzene rings is 1. The van der Waals surface area contributed by atoms with E-state index in [1.807, 2.05) is 30.1 Å². The molecule has 21 heavy (non-hydrogen) atoms. The highest BCUT2D eigenvalue weighted by molar-refractivity contribution is 5.51. The Morgan fingerprint density at radius 1 is 1.24 bits per heavy atom. The average Bonchev–Trinajstić information content (AvgIpc) is 2.84. The summed E-state index contributed by atoms with van der Waals surface area (Å²) in [6.45, 7) is 1.99. The third-order valence-electron chi connectivity index (χ3n) is 4.23. The Kier molecular flexibility index (Phi) is 3.84. The summed E-state index contributed by atoms with van der Waals surface area (Å²) in [5.41, 5.74) is 9.57. The number of aryl methyl sites for hydroxylation is 1. The van der Waals surface area contributed by atoms with E-state index in [1.54, 1.807) is 12.1 Å². The first-order valence-corrected chi connectivity index (χ1v) is 7.43. The van der Waals surface area contributed by atoms with Crippen LogP contribution in [0, 0.1) is 0 Å². The van der Waals surface area contributed by atoms with Crippen LogP contribution in [-0.4, -0.2) is 34.0 Å². The van der Waals surface area contributed by atoms with Crippen molar-refractivity contribution in [1.29, 1.82) is 0 Å². The van der Waals surface area contributed by atoms with Gasteiger partial charge >= 0.3 is 0 Å². The Labute approximate surface area is 125 Å². The predicted molar refractivity (Wildman–Crippen MR) is 83.5 cm³/mol. The van der Waals surface area contributed by atoms with E-state index in [0.717, 1.165) is 32.4 Å². The summed E-state index contributed by atoms with van der Waals surface area (Å²) in [5, 5.41) is 13.8. The van der Waals surface area contributed by atoms with Gasteiger partial charge in [-0.15, -0.1) is 0 Å². The molecule has 1 aromatic carbocycles. The normalized spacial score (nSPS) is 16.4. The van der Waals surface area contributed by atoms with E-state index >= 15 is 0 Å². The summed E-state index contributed by atoms with van der Waals surface area (Å²) in [7, 11) is 1.98. The van der Waals surface area contributed by atoms with Gasteiger partial charge in [0.15, 0.2) is 0 Å². The summed E-state index contributed by atoms with van der Waals surface area (Å²) < 4.78 is 1.94. The molecular formula is C16H22N4O. The number of nitrogens with zero attached hydrogens (tertiary/aromatic N) is 3. The van der Waals surface area contributed by atoms with Crippen LogP contribution < -0.4 is 10.6 Å². The summed E-state index contributed by atoms with van der Waals surface area (Å²) in [6, 6.07) is 7.70. The lowest BCUT2D eigenvalue weighted by Crippen LogP contribution is -2.40. The summed E-state index contributed by atoms with van der Waals surface area (Å²) >= 11 is 0. The van der Waals surface area contributed by atoms with Gasteiger partial charge in [-0.3, -0.25) is 4.68 Å². The monoisotopic (exact) mass is 286 g/mol. The molecular weight excluding hydrogens is 264 g/mol. The van der Waals surface area contributed by atoms with E-state index in [4.69, 9.17) is 5.73 Å². The van der Waals surface area contributed by atoms with Gasteiger partial charge in [0.1, 0.15) is 5.75 Å². The Morgan fingerprint density at radius 2 is 1.90 bits per heavy atom. The lowest BCUT2D eigenvalue weighted by molar-refractivity contribution is 0.475. The number of aromatic nitrogens is 2.